The zero-order chi connectivity index (χ0) is 13.2. The van der Waals surface area contributed by atoms with Crippen LogP contribution in [0.25, 0.3) is 0 Å². The van der Waals surface area contributed by atoms with Crippen molar-refractivity contribution in [2.75, 3.05) is 18.6 Å². The van der Waals surface area contributed by atoms with Gasteiger partial charge in [-0.1, -0.05) is 25.7 Å². The van der Waals surface area contributed by atoms with Crippen LogP contribution < -0.4 is 11.1 Å². The Kier molecular flexibility index (Phi) is 8.51. The number of amides is 1. The van der Waals surface area contributed by atoms with Crippen molar-refractivity contribution in [3.63, 3.8) is 0 Å². The monoisotopic (exact) mass is 272 g/mol. The fourth-order valence-corrected chi connectivity index (χ4v) is 3.05. The molecular formula is C14H28N2OS. The summed E-state index contributed by atoms with van der Waals surface area (Å²) < 4.78 is 0. The van der Waals surface area contributed by atoms with E-state index in [0.29, 0.717) is 0 Å². The molecule has 0 spiro atoms. The minimum absolute atomic E-state index is 0.0543. The average molecular weight is 272 g/mol. The molecule has 1 saturated carbocycles. The lowest BCUT2D eigenvalue weighted by molar-refractivity contribution is -0.125. The SMILES string of the molecule is CSCCCCCNC(=O)C1CCCCCC1N. The summed E-state index contributed by atoms with van der Waals surface area (Å²) in [5.74, 6) is 1.47. The molecule has 0 radical (unpaired) electrons. The van der Waals surface area contributed by atoms with Gasteiger partial charge in [-0.3, -0.25) is 4.79 Å². The number of thioether (sulfide) groups is 1. The van der Waals surface area contributed by atoms with E-state index < -0.39 is 0 Å². The molecule has 0 heterocycles. The van der Waals surface area contributed by atoms with E-state index in [1.54, 1.807) is 0 Å². The van der Waals surface area contributed by atoms with E-state index in [1.807, 2.05) is 11.8 Å². The Labute approximate surface area is 116 Å². The predicted octanol–water partition coefficient (Wildman–Crippen LogP) is 2.54. The van der Waals surface area contributed by atoms with Crippen LogP contribution in [0.2, 0.25) is 0 Å². The molecule has 0 aliphatic heterocycles. The lowest BCUT2D eigenvalue weighted by Crippen LogP contribution is -2.41. The van der Waals surface area contributed by atoms with Gasteiger partial charge < -0.3 is 11.1 Å². The van der Waals surface area contributed by atoms with Crippen molar-refractivity contribution in [3.05, 3.63) is 0 Å². The number of hydrogen-bond donors (Lipinski definition) is 2. The van der Waals surface area contributed by atoms with Crippen molar-refractivity contribution in [1.29, 1.82) is 0 Å². The van der Waals surface area contributed by atoms with Gasteiger partial charge in [-0.25, -0.2) is 0 Å². The van der Waals surface area contributed by atoms with Crippen LogP contribution in [-0.4, -0.2) is 30.5 Å². The van der Waals surface area contributed by atoms with Gasteiger partial charge in [0.25, 0.3) is 0 Å². The van der Waals surface area contributed by atoms with Gasteiger partial charge in [0.05, 0.1) is 5.92 Å². The molecule has 3 N–H and O–H groups in total. The fraction of sp³-hybridized carbons (Fsp3) is 0.929. The minimum atomic E-state index is 0.0543. The molecule has 4 heteroatoms. The van der Waals surface area contributed by atoms with Gasteiger partial charge in [-0.2, -0.15) is 11.8 Å². The first kappa shape index (κ1) is 15.8. The van der Waals surface area contributed by atoms with Gasteiger partial charge in [-0.15, -0.1) is 0 Å². The van der Waals surface area contributed by atoms with E-state index in [-0.39, 0.29) is 17.9 Å². The van der Waals surface area contributed by atoms with E-state index >= 15 is 0 Å². The third-order valence-corrected chi connectivity index (χ3v) is 4.43. The Bertz CT molecular complexity index is 236. The normalized spacial score (nSPS) is 24.6. The van der Waals surface area contributed by atoms with E-state index in [2.05, 4.69) is 11.6 Å². The number of carbonyl (C=O) groups is 1. The summed E-state index contributed by atoms with van der Waals surface area (Å²) in [6.07, 6.45) is 11.2. The molecule has 0 aromatic rings. The fourth-order valence-electron chi connectivity index (χ4n) is 2.55. The van der Waals surface area contributed by atoms with Crippen LogP contribution in [0.1, 0.15) is 51.4 Å². The second kappa shape index (κ2) is 9.68. The van der Waals surface area contributed by atoms with Crippen molar-refractivity contribution in [1.82, 2.24) is 5.32 Å². The molecule has 1 rings (SSSR count). The number of carbonyl (C=O) groups excluding carboxylic acids is 1. The third-order valence-electron chi connectivity index (χ3n) is 3.73. The lowest BCUT2D eigenvalue weighted by atomic mass is 9.94. The van der Waals surface area contributed by atoms with Crippen LogP contribution in [0.15, 0.2) is 0 Å². The van der Waals surface area contributed by atoms with E-state index in [9.17, 15) is 4.79 Å². The zero-order valence-electron chi connectivity index (χ0n) is 11.6. The van der Waals surface area contributed by atoms with Crippen LogP contribution in [0.3, 0.4) is 0 Å². The molecule has 2 atom stereocenters. The number of nitrogens with two attached hydrogens (primary N) is 1. The van der Waals surface area contributed by atoms with Crippen LogP contribution in [-0.2, 0) is 4.79 Å². The number of hydrogen-bond acceptors (Lipinski definition) is 3. The van der Waals surface area contributed by atoms with Crippen molar-refractivity contribution in [2.45, 2.75) is 57.4 Å². The molecule has 1 fully saturated rings. The summed E-state index contributed by atoms with van der Waals surface area (Å²) in [5, 5.41) is 3.06. The Morgan fingerprint density at radius 3 is 2.78 bits per heavy atom. The van der Waals surface area contributed by atoms with Gasteiger partial charge in [0.1, 0.15) is 0 Å². The Balaban J connectivity index is 2.14. The average Bonchev–Trinajstić information content (AvgIpc) is 2.58. The second-order valence-electron chi connectivity index (χ2n) is 5.25. The van der Waals surface area contributed by atoms with Gasteiger partial charge in [-0.05, 0) is 37.7 Å². The first-order valence-corrected chi connectivity index (χ1v) is 8.67. The molecule has 1 aliphatic rings. The summed E-state index contributed by atoms with van der Waals surface area (Å²) in [4.78, 5) is 12.1. The molecule has 3 nitrogen and oxygen atoms in total. The summed E-state index contributed by atoms with van der Waals surface area (Å²) in [6, 6.07) is 0.0731. The highest BCUT2D eigenvalue weighted by Gasteiger charge is 2.26. The van der Waals surface area contributed by atoms with Crippen molar-refractivity contribution in [2.24, 2.45) is 11.7 Å². The topological polar surface area (TPSA) is 55.1 Å². The summed E-state index contributed by atoms with van der Waals surface area (Å²) in [5.41, 5.74) is 6.09. The number of rotatable bonds is 7. The summed E-state index contributed by atoms with van der Waals surface area (Å²) >= 11 is 1.89. The van der Waals surface area contributed by atoms with Crippen molar-refractivity contribution >= 4 is 17.7 Å². The van der Waals surface area contributed by atoms with Crippen LogP contribution in [0.4, 0.5) is 0 Å². The molecule has 2 unspecified atom stereocenters. The molecule has 0 aromatic heterocycles. The summed E-state index contributed by atoms with van der Waals surface area (Å²) in [7, 11) is 0. The van der Waals surface area contributed by atoms with Gasteiger partial charge >= 0.3 is 0 Å². The smallest absolute Gasteiger partial charge is 0.224 e. The number of nitrogens with one attached hydrogen (secondary N) is 1. The van der Waals surface area contributed by atoms with Gasteiger partial charge in [0.15, 0.2) is 0 Å². The van der Waals surface area contributed by atoms with Gasteiger partial charge in [0, 0.05) is 12.6 Å². The van der Waals surface area contributed by atoms with Crippen LogP contribution in [0.5, 0.6) is 0 Å². The molecule has 0 saturated heterocycles. The number of unbranched alkanes of at least 4 members (excludes halogenated alkanes) is 2. The lowest BCUT2D eigenvalue weighted by Gasteiger charge is -2.20. The largest absolute Gasteiger partial charge is 0.356 e. The zero-order valence-corrected chi connectivity index (χ0v) is 12.4. The standard InChI is InChI=1S/C14H28N2OS/c1-18-11-7-3-6-10-16-14(17)12-8-4-2-5-9-13(12)15/h12-13H,2-11,15H2,1H3,(H,16,17). The van der Waals surface area contributed by atoms with E-state index in [4.69, 9.17) is 5.73 Å². The van der Waals surface area contributed by atoms with E-state index in [0.717, 1.165) is 32.2 Å². The molecule has 18 heavy (non-hydrogen) atoms. The maximum absolute atomic E-state index is 12.1. The third kappa shape index (κ3) is 6.10. The first-order chi connectivity index (χ1) is 8.75. The quantitative estimate of drug-likeness (QED) is 0.553. The predicted molar refractivity (Wildman–Crippen MR) is 79.8 cm³/mol. The van der Waals surface area contributed by atoms with E-state index in [1.165, 1.54) is 31.4 Å². The van der Waals surface area contributed by atoms with Crippen LogP contribution >= 0.6 is 11.8 Å². The molecular weight excluding hydrogens is 244 g/mol. The van der Waals surface area contributed by atoms with Crippen LogP contribution in [0, 0.1) is 5.92 Å². The second-order valence-corrected chi connectivity index (χ2v) is 6.24. The molecule has 0 bridgehead atoms. The van der Waals surface area contributed by atoms with Gasteiger partial charge in [0.2, 0.25) is 5.91 Å². The maximum atomic E-state index is 12.1. The Morgan fingerprint density at radius 1 is 1.22 bits per heavy atom. The molecule has 0 aromatic carbocycles. The Morgan fingerprint density at radius 2 is 2.00 bits per heavy atom. The van der Waals surface area contributed by atoms with Crippen molar-refractivity contribution < 1.29 is 4.79 Å². The highest BCUT2D eigenvalue weighted by Crippen LogP contribution is 2.22. The maximum Gasteiger partial charge on any atom is 0.224 e. The molecule has 106 valence electrons. The first-order valence-electron chi connectivity index (χ1n) is 7.28. The summed E-state index contributed by atoms with van der Waals surface area (Å²) in [6.45, 7) is 0.816. The highest BCUT2D eigenvalue weighted by atomic mass is 32.2. The molecule has 1 aliphatic carbocycles. The Hall–Kier alpha value is -0.220. The van der Waals surface area contributed by atoms with Crippen molar-refractivity contribution in [3.8, 4) is 0 Å². The minimum Gasteiger partial charge on any atom is -0.356 e. The molecule has 1 amide bonds. The highest BCUT2D eigenvalue weighted by molar-refractivity contribution is 7.98.